The first kappa shape index (κ1) is 16.5. The Bertz CT molecular complexity index is 503. The predicted molar refractivity (Wildman–Crippen MR) is 85.5 cm³/mol. The maximum absolute atomic E-state index is 12.6. The van der Waals surface area contributed by atoms with E-state index in [2.05, 4.69) is 12.2 Å². The Morgan fingerprint density at radius 3 is 2.45 bits per heavy atom. The zero-order valence-electron chi connectivity index (χ0n) is 13.2. The predicted octanol–water partition coefficient (Wildman–Crippen LogP) is 3.16. The lowest BCUT2D eigenvalue weighted by molar-refractivity contribution is -0.139. The molecule has 120 valence electrons. The van der Waals surface area contributed by atoms with Crippen LogP contribution in [0.25, 0.3) is 0 Å². The van der Waals surface area contributed by atoms with Gasteiger partial charge in [0.25, 0.3) is 0 Å². The van der Waals surface area contributed by atoms with Gasteiger partial charge in [0, 0.05) is 17.9 Å². The summed E-state index contributed by atoms with van der Waals surface area (Å²) in [5.41, 5.74) is 0.912. The second kappa shape index (κ2) is 7.43. The van der Waals surface area contributed by atoms with Gasteiger partial charge in [-0.1, -0.05) is 43.7 Å². The topological polar surface area (TPSA) is 66.4 Å². The largest absolute Gasteiger partial charge is 0.481 e. The van der Waals surface area contributed by atoms with Gasteiger partial charge in [0.05, 0.1) is 0 Å². The summed E-state index contributed by atoms with van der Waals surface area (Å²) in [6, 6.07) is 9.79. The number of aliphatic carboxylic acids is 1. The summed E-state index contributed by atoms with van der Waals surface area (Å²) in [5.74, 6) is -0.714. The third-order valence-corrected chi connectivity index (χ3v) is 4.84. The van der Waals surface area contributed by atoms with Crippen LogP contribution in [0, 0.1) is 5.41 Å². The van der Waals surface area contributed by atoms with Crippen LogP contribution in [0.15, 0.2) is 30.3 Å². The second-order valence-electron chi connectivity index (χ2n) is 6.28. The highest BCUT2D eigenvalue weighted by molar-refractivity contribution is 5.83. The summed E-state index contributed by atoms with van der Waals surface area (Å²) < 4.78 is 0. The average molecular weight is 303 g/mol. The van der Waals surface area contributed by atoms with Crippen LogP contribution in [0.2, 0.25) is 0 Å². The van der Waals surface area contributed by atoms with Gasteiger partial charge in [0.1, 0.15) is 0 Å². The van der Waals surface area contributed by atoms with Gasteiger partial charge in [-0.3, -0.25) is 9.59 Å². The summed E-state index contributed by atoms with van der Waals surface area (Å²) in [4.78, 5) is 23.4. The fourth-order valence-electron chi connectivity index (χ4n) is 3.10. The van der Waals surface area contributed by atoms with Crippen LogP contribution in [0.3, 0.4) is 0 Å². The van der Waals surface area contributed by atoms with Crippen LogP contribution >= 0.6 is 0 Å². The van der Waals surface area contributed by atoms with Crippen LogP contribution in [-0.4, -0.2) is 23.0 Å². The zero-order chi connectivity index (χ0) is 16.0. The molecule has 1 atom stereocenters. The highest BCUT2D eigenvalue weighted by Gasteiger charge is 2.42. The number of amides is 1. The molecule has 0 spiro atoms. The highest BCUT2D eigenvalue weighted by Crippen LogP contribution is 2.44. The number of nitrogens with one attached hydrogen (secondary N) is 1. The number of rotatable bonds is 8. The fraction of sp³-hybridized carbons (Fsp3) is 0.556. The molecule has 1 unspecified atom stereocenters. The molecule has 2 N–H and O–H groups in total. The van der Waals surface area contributed by atoms with E-state index in [9.17, 15) is 9.59 Å². The van der Waals surface area contributed by atoms with Gasteiger partial charge < -0.3 is 10.4 Å². The van der Waals surface area contributed by atoms with E-state index in [1.54, 1.807) is 0 Å². The van der Waals surface area contributed by atoms with E-state index in [1.807, 2.05) is 30.3 Å². The molecule has 1 fully saturated rings. The number of hydrogen-bond donors (Lipinski definition) is 2. The Morgan fingerprint density at radius 2 is 1.95 bits per heavy atom. The molecule has 1 aromatic rings. The maximum Gasteiger partial charge on any atom is 0.303 e. The van der Waals surface area contributed by atoms with Gasteiger partial charge in [-0.25, -0.2) is 0 Å². The molecule has 1 saturated carbocycles. The molecule has 4 heteroatoms. The quantitative estimate of drug-likeness (QED) is 0.775. The summed E-state index contributed by atoms with van der Waals surface area (Å²) in [5, 5.41) is 12.0. The Hall–Kier alpha value is -1.84. The van der Waals surface area contributed by atoms with Crippen molar-refractivity contribution in [2.45, 2.75) is 57.9 Å². The van der Waals surface area contributed by atoms with E-state index in [0.29, 0.717) is 12.8 Å². The normalized spacial score (nSPS) is 17.3. The molecular formula is C18H25NO3. The molecule has 0 aromatic heterocycles. The van der Waals surface area contributed by atoms with Crippen molar-refractivity contribution in [3.05, 3.63) is 35.9 Å². The summed E-state index contributed by atoms with van der Waals surface area (Å²) in [6.45, 7) is 2.06. The fourth-order valence-corrected chi connectivity index (χ4v) is 3.10. The third kappa shape index (κ3) is 4.09. The number of benzene rings is 1. The molecule has 22 heavy (non-hydrogen) atoms. The average Bonchev–Trinajstić information content (AvgIpc) is 2.45. The van der Waals surface area contributed by atoms with Crippen molar-refractivity contribution < 1.29 is 14.7 Å². The second-order valence-corrected chi connectivity index (χ2v) is 6.28. The Kier molecular flexibility index (Phi) is 5.58. The van der Waals surface area contributed by atoms with Crippen molar-refractivity contribution in [1.82, 2.24) is 5.32 Å². The van der Waals surface area contributed by atoms with Gasteiger partial charge in [0.2, 0.25) is 5.91 Å². The number of carbonyl (C=O) groups is 2. The van der Waals surface area contributed by atoms with E-state index < -0.39 is 5.97 Å². The van der Waals surface area contributed by atoms with Crippen molar-refractivity contribution in [3.8, 4) is 0 Å². The first-order valence-corrected chi connectivity index (χ1v) is 8.12. The minimum absolute atomic E-state index is 0.0803. The Balaban J connectivity index is 2.00. The van der Waals surface area contributed by atoms with E-state index in [1.165, 1.54) is 0 Å². The SMILES string of the molecule is CCC1(C(=O)NC(CCC(=O)O)Cc2ccccc2)CCC1. The standard InChI is InChI=1S/C18H25NO3/c1-2-18(11-6-12-18)17(22)19-15(9-10-16(20)21)13-14-7-4-3-5-8-14/h3-5,7-8,15H,2,6,9-13H2,1H3,(H,19,22)(H,20,21). The van der Waals surface area contributed by atoms with Crippen LogP contribution in [0.5, 0.6) is 0 Å². The molecule has 0 saturated heterocycles. The van der Waals surface area contributed by atoms with E-state index in [4.69, 9.17) is 5.11 Å². The van der Waals surface area contributed by atoms with Crippen molar-refractivity contribution in [2.24, 2.45) is 5.41 Å². The van der Waals surface area contributed by atoms with Crippen LogP contribution < -0.4 is 5.32 Å². The third-order valence-electron chi connectivity index (χ3n) is 4.84. The Labute approximate surface area is 131 Å². The summed E-state index contributed by atoms with van der Waals surface area (Å²) >= 11 is 0. The monoisotopic (exact) mass is 303 g/mol. The lowest BCUT2D eigenvalue weighted by atomic mass is 9.66. The van der Waals surface area contributed by atoms with Crippen molar-refractivity contribution in [1.29, 1.82) is 0 Å². The molecule has 1 aliphatic carbocycles. The molecule has 1 aromatic carbocycles. The zero-order valence-corrected chi connectivity index (χ0v) is 13.2. The van der Waals surface area contributed by atoms with Gasteiger partial charge in [-0.05, 0) is 37.7 Å². The van der Waals surface area contributed by atoms with Gasteiger partial charge in [0.15, 0.2) is 0 Å². The lowest BCUT2D eigenvalue weighted by Crippen LogP contribution is -2.49. The first-order chi connectivity index (χ1) is 10.6. The minimum atomic E-state index is -0.818. The molecule has 2 rings (SSSR count). The minimum Gasteiger partial charge on any atom is -0.481 e. The molecule has 1 aliphatic rings. The van der Waals surface area contributed by atoms with E-state index >= 15 is 0 Å². The van der Waals surface area contributed by atoms with Gasteiger partial charge >= 0.3 is 5.97 Å². The van der Waals surface area contributed by atoms with Gasteiger partial charge in [-0.15, -0.1) is 0 Å². The van der Waals surface area contributed by atoms with E-state index in [0.717, 1.165) is 31.2 Å². The molecule has 0 bridgehead atoms. The first-order valence-electron chi connectivity index (χ1n) is 8.12. The lowest BCUT2D eigenvalue weighted by Gasteiger charge is -2.40. The van der Waals surface area contributed by atoms with Crippen LogP contribution in [-0.2, 0) is 16.0 Å². The highest BCUT2D eigenvalue weighted by atomic mass is 16.4. The molecule has 0 aliphatic heterocycles. The molecule has 1 amide bonds. The Morgan fingerprint density at radius 1 is 1.27 bits per heavy atom. The van der Waals surface area contributed by atoms with Crippen molar-refractivity contribution in [2.75, 3.05) is 0 Å². The smallest absolute Gasteiger partial charge is 0.303 e. The summed E-state index contributed by atoms with van der Waals surface area (Å²) in [7, 11) is 0. The number of hydrogen-bond acceptors (Lipinski definition) is 2. The van der Waals surface area contributed by atoms with Crippen LogP contribution in [0.1, 0.15) is 51.0 Å². The summed E-state index contributed by atoms with van der Waals surface area (Å²) in [6.07, 6.45) is 5.10. The van der Waals surface area contributed by atoms with Crippen molar-refractivity contribution in [3.63, 3.8) is 0 Å². The maximum atomic E-state index is 12.6. The van der Waals surface area contributed by atoms with Crippen LogP contribution in [0.4, 0.5) is 0 Å². The molecule has 4 nitrogen and oxygen atoms in total. The number of carboxylic acids is 1. The molecule has 0 heterocycles. The van der Waals surface area contributed by atoms with Gasteiger partial charge in [-0.2, -0.15) is 0 Å². The molecule has 0 radical (unpaired) electrons. The van der Waals surface area contributed by atoms with E-state index in [-0.39, 0.29) is 23.8 Å². The number of carbonyl (C=O) groups excluding carboxylic acids is 1. The number of carboxylic acid groups (broad SMARTS) is 1. The molecular weight excluding hydrogens is 278 g/mol. The van der Waals surface area contributed by atoms with Crippen molar-refractivity contribution >= 4 is 11.9 Å².